The van der Waals surface area contributed by atoms with E-state index in [1.165, 1.54) is 4.90 Å². The van der Waals surface area contributed by atoms with E-state index < -0.39 is 30.6 Å². The van der Waals surface area contributed by atoms with E-state index in [4.69, 9.17) is 15.1 Å². The average molecular weight is 270 g/mol. The molecule has 0 aromatic carbocycles. The molecule has 1 heterocycles. The van der Waals surface area contributed by atoms with Crippen molar-refractivity contribution in [2.45, 2.75) is 6.10 Å². The molecule has 0 saturated carbocycles. The molecule has 1 fully saturated rings. The Morgan fingerprint density at radius 3 is 2.74 bits per heavy atom. The lowest BCUT2D eigenvalue weighted by Crippen LogP contribution is -2.51. The first-order chi connectivity index (χ1) is 9.02. The van der Waals surface area contributed by atoms with Crippen molar-refractivity contribution < 1.29 is 24.2 Å². The largest absolute Gasteiger partial charge is 0.480 e. The van der Waals surface area contributed by atoms with Crippen LogP contribution in [0.25, 0.3) is 0 Å². The molecule has 1 saturated heterocycles. The van der Waals surface area contributed by atoms with Gasteiger partial charge in [-0.2, -0.15) is 5.26 Å². The highest BCUT2D eigenvalue weighted by atomic mass is 16.5. The summed E-state index contributed by atoms with van der Waals surface area (Å²) in [5.74, 6) is -1.76. The lowest BCUT2D eigenvalue weighted by Gasteiger charge is -2.29. The van der Waals surface area contributed by atoms with E-state index in [1.54, 1.807) is 0 Å². The Balaban J connectivity index is 2.29. The van der Waals surface area contributed by atoms with Crippen LogP contribution in [0.15, 0.2) is 0 Å². The second-order valence-corrected chi connectivity index (χ2v) is 3.76. The van der Waals surface area contributed by atoms with E-state index in [9.17, 15) is 14.4 Å². The number of nitrogens with zero attached hydrogens (tertiary/aromatic N) is 2. The van der Waals surface area contributed by atoms with Crippen LogP contribution in [0.5, 0.6) is 0 Å². The summed E-state index contributed by atoms with van der Waals surface area (Å²) in [5, 5.41) is 21.5. The molecule has 0 aromatic rings. The molecule has 1 unspecified atom stereocenters. The van der Waals surface area contributed by atoms with Gasteiger partial charge < -0.3 is 25.4 Å². The molecule has 0 bridgehead atoms. The van der Waals surface area contributed by atoms with Crippen molar-refractivity contribution in [1.29, 1.82) is 5.26 Å². The summed E-state index contributed by atoms with van der Waals surface area (Å²) in [6.07, 6.45) is -0.666. The summed E-state index contributed by atoms with van der Waals surface area (Å²) in [6.45, 7) is -0.0832. The third-order valence-corrected chi connectivity index (χ3v) is 2.33. The minimum atomic E-state index is -1.16. The molecular weight excluding hydrogens is 256 g/mol. The van der Waals surface area contributed by atoms with Gasteiger partial charge in [0.2, 0.25) is 5.91 Å². The average Bonchev–Trinajstić information content (AvgIpc) is 2.42. The number of hydrogen-bond donors (Lipinski definition) is 3. The number of urea groups is 1. The number of carbonyl (C=O) groups excluding carboxylic acids is 2. The third kappa shape index (κ3) is 5.22. The van der Waals surface area contributed by atoms with Gasteiger partial charge in [-0.3, -0.25) is 9.59 Å². The van der Waals surface area contributed by atoms with Crippen LogP contribution < -0.4 is 10.6 Å². The van der Waals surface area contributed by atoms with Crippen LogP contribution in [0.2, 0.25) is 0 Å². The Bertz CT molecular complexity index is 405. The summed E-state index contributed by atoms with van der Waals surface area (Å²) < 4.78 is 5.07. The van der Waals surface area contributed by atoms with Crippen molar-refractivity contribution in [2.24, 2.45) is 0 Å². The van der Waals surface area contributed by atoms with Crippen LogP contribution in [-0.2, 0) is 14.3 Å². The number of morpholine rings is 1. The maximum atomic E-state index is 11.7. The van der Waals surface area contributed by atoms with Gasteiger partial charge in [0.25, 0.3) is 0 Å². The SMILES string of the molecule is N#CC1CN(C(=O)NCC(=O)NCC(=O)O)CCO1. The molecule has 1 aliphatic heterocycles. The quantitative estimate of drug-likeness (QED) is 0.548. The number of hydrogen-bond acceptors (Lipinski definition) is 5. The van der Waals surface area contributed by atoms with Crippen molar-refractivity contribution >= 4 is 17.9 Å². The molecule has 0 aromatic heterocycles. The number of ether oxygens (including phenoxy) is 1. The lowest BCUT2D eigenvalue weighted by atomic mass is 10.3. The van der Waals surface area contributed by atoms with E-state index in [0.29, 0.717) is 6.54 Å². The molecule has 1 rings (SSSR count). The Hall–Kier alpha value is -2.34. The first kappa shape index (κ1) is 14.7. The first-order valence-corrected chi connectivity index (χ1v) is 5.55. The molecule has 19 heavy (non-hydrogen) atoms. The zero-order valence-electron chi connectivity index (χ0n) is 10.1. The van der Waals surface area contributed by atoms with Crippen LogP contribution in [-0.4, -0.2) is 66.8 Å². The van der Waals surface area contributed by atoms with Crippen LogP contribution in [0.4, 0.5) is 4.79 Å². The topological polar surface area (TPSA) is 132 Å². The zero-order chi connectivity index (χ0) is 14.3. The maximum Gasteiger partial charge on any atom is 0.322 e. The van der Waals surface area contributed by atoms with Gasteiger partial charge in [0, 0.05) is 6.54 Å². The van der Waals surface area contributed by atoms with Crippen LogP contribution in [0.1, 0.15) is 0 Å². The van der Waals surface area contributed by atoms with Crippen molar-refractivity contribution in [1.82, 2.24) is 15.5 Å². The van der Waals surface area contributed by atoms with Crippen LogP contribution in [0, 0.1) is 11.3 Å². The number of amides is 3. The Morgan fingerprint density at radius 1 is 1.37 bits per heavy atom. The van der Waals surface area contributed by atoms with Gasteiger partial charge in [0.1, 0.15) is 6.54 Å². The molecule has 104 valence electrons. The summed E-state index contributed by atoms with van der Waals surface area (Å²) in [7, 11) is 0. The Kier molecular flexibility index (Phi) is 5.56. The summed E-state index contributed by atoms with van der Waals surface area (Å²) in [5.41, 5.74) is 0. The molecule has 3 N–H and O–H groups in total. The highest BCUT2D eigenvalue weighted by Gasteiger charge is 2.23. The van der Waals surface area contributed by atoms with Gasteiger partial charge in [-0.25, -0.2) is 4.79 Å². The lowest BCUT2D eigenvalue weighted by molar-refractivity contribution is -0.137. The Labute approximate surface area is 109 Å². The van der Waals surface area contributed by atoms with E-state index in [1.807, 2.05) is 6.07 Å². The van der Waals surface area contributed by atoms with E-state index in [-0.39, 0.29) is 19.7 Å². The van der Waals surface area contributed by atoms with Gasteiger partial charge in [-0.15, -0.1) is 0 Å². The van der Waals surface area contributed by atoms with Crippen molar-refractivity contribution in [3.05, 3.63) is 0 Å². The molecule has 0 radical (unpaired) electrons. The highest BCUT2D eigenvalue weighted by Crippen LogP contribution is 2.03. The van der Waals surface area contributed by atoms with Crippen molar-refractivity contribution in [2.75, 3.05) is 32.8 Å². The zero-order valence-corrected chi connectivity index (χ0v) is 10.1. The number of nitrogens with one attached hydrogen (secondary N) is 2. The summed E-state index contributed by atoms with van der Waals surface area (Å²) in [4.78, 5) is 34.4. The predicted octanol–water partition coefficient (Wildman–Crippen LogP) is -1.88. The van der Waals surface area contributed by atoms with Gasteiger partial charge in [0.15, 0.2) is 6.10 Å². The Morgan fingerprint density at radius 2 is 2.11 bits per heavy atom. The number of nitriles is 1. The minimum Gasteiger partial charge on any atom is -0.480 e. The summed E-state index contributed by atoms with van der Waals surface area (Å²) >= 11 is 0. The number of carbonyl (C=O) groups is 3. The number of carboxylic acids is 1. The molecule has 1 aliphatic rings. The normalized spacial score (nSPS) is 18.3. The summed E-state index contributed by atoms with van der Waals surface area (Å²) in [6, 6.07) is 1.41. The fourth-order valence-corrected chi connectivity index (χ4v) is 1.42. The number of aliphatic carboxylic acids is 1. The van der Waals surface area contributed by atoms with Gasteiger partial charge in [-0.1, -0.05) is 0 Å². The number of rotatable bonds is 4. The van der Waals surface area contributed by atoms with Gasteiger partial charge >= 0.3 is 12.0 Å². The van der Waals surface area contributed by atoms with Crippen LogP contribution in [0.3, 0.4) is 0 Å². The van der Waals surface area contributed by atoms with E-state index in [0.717, 1.165) is 0 Å². The standard InChI is InChI=1S/C10H14N4O5/c11-3-7-6-14(1-2-19-7)10(18)13-4-8(15)12-5-9(16)17/h7H,1-2,4-6H2,(H,12,15)(H,13,18)(H,16,17). The smallest absolute Gasteiger partial charge is 0.322 e. The number of carboxylic acid groups (broad SMARTS) is 1. The second-order valence-electron chi connectivity index (χ2n) is 3.76. The van der Waals surface area contributed by atoms with Crippen molar-refractivity contribution in [3.8, 4) is 6.07 Å². The predicted molar refractivity (Wildman–Crippen MR) is 61.0 cm³/mol. The van der Waals surface area contributed by atoms with E-state index in [2.05, 4.69) is 10.6 Å². The third-order valence-electron chi connectivity index (χ3n) is 2.33. The van der Waals surface area contributed by atoms with Gasteiger partial charge in [0.05, 0.1) is 25.8 Å². The molecule has 3 amide bonds. The molecule has 0 aliphatic carbocycles. The molecule has 9 nitrogen and oxygen atoms in total. The minimum absolute atomic E-state index is 0.138. The maximum absolute atomic E-state index is 11.7. The second kappa shape index (κ2) is 7.17. The monoisotopic (exact) mass is 270 g/mol. The van der Waals surface area contributed by atoms with E-state index >= 15 is 0 Å². The van der Waals surface area contributed by atoms with Crippen LogP contribution >= 0.6 is 0 Å². The molecule has 1 atom stereocenters. The first-order valence-electron chi connectivity index (χ1n) is 5.55. The highest BCUT2D eigenvalue weighted by molar-refractivity contribution is 5.86. The fourth-order valence-electron chi connectivity index (χ4n) is 1.42. The fraction of sp³-hybridized carbons (Fsp3) is 0.600. The molecular formula is C10H14N4O5. The van der Waals surface area contributed by atoms with Gasteiger partial charge in [-0.05, 0) is 0 Å². The molecule has 0 spiro atoms. The van der Waals surface area contributed by atoms with Crippen molar-refractivity contribution in [3.63, 3.8) is 0 Å². The molecule has 9 heteroatoms.